The van der Waals surface area contributed by atoms with Crippen LogP contribution in [0.15, 0.2) is 71.6 Å². The summed E-state index contributed by atoms with van der Waals surface area (Å²) in [6.45, 7) is 3.52. The maximum atomic E-state index is 11.8. The molecule has 4 rings (SSSR count). The van der Waals surface area contributed by atoms with Gasteiger partial charge in [0, 0.05) is 11.5 Å². The highest BCUT2D eigenvalue weighted by molar-refractivity contribution is 7.91. The Hall–Kier alpha value is -4.49. The number of sulfone groups is 1. The number of H-pyrrole nitrogens is 1. The summed E-state index contributed by atoms with van der Waals surface area (Å²) in [5.74, 6) is 2.70. The molecule has 0 aliphatic carbocycles. The van der Waals surface area contributed by atoms with Gasteiger partial charge in [-0.15, -0.1) is 0 Å². The number of anilines is 1. The van der Waals surface area contributed by atoms with Crippen LogP contribution in [0.25, 0.3) is 10.9 Å². The number of hydrogen-bond acceptors (Lipinski definition) is 7. The summed E-state index contributed by atoms with van der Waals surface area (Å²) < 4.78 is 39.7. The maximum absolute atomic E-state index is 11.8. The number of carbonyl (C=O) groups is 1. The first-order valence-corrected chi connectivity index (χ1v) is 13.3. The number of rotatable bonds is 9. The molecular formula is C28H29N3O6S. The second-order valence-electron chi connectivity index (χ2n) is 8.11. The summed E-state index contributed by atoms with van der Waals surface area (Å²) >= 11 is 0. The first kappa shape index (κ1) is 28.1. The minimum atomic E-state index is -3.18. The largest absolute Gasteiger partial charge is 0.493 e. The average Bonchev–Trinajstić information content (AvgIpc) is 3.34. The van der Waals surface area contributed by atoms with Gasteiger partial charge < -0.3 is 24.5 Å². The molecule has 0 saturated heterocycles. The van der Waals surface area contributed by atoms with Crippen molar-refractivity contribution in [2.45, 2.75) is 24.8 Å². The van der Waals surface area contributed by atoms with E-state index in [2.05, 4.69) is 16.4 Å². The minimum Gasteiger partial charge on any atom is -0.493 e. The van der Waals surface area contributed by atoms with Gasteiger partial charge in [-0.1, -0.05) is 19.1 Å². The van der Waals surface area contributed by atoms with E-state index in [1.54, 1.807) is 69.7 Å². The lowest BCUT2D eigenvalue weighted by molar-refractivity contribution is -0.105. The fourth-order valence-corrected chi connectivity index (χ4v) is 4.48. The highest BCUT2D eigenvalue weighted by Crippen LogP contribution is 2.33. The topological polar surface area (TPSA) is 131 Å². The minimum absolute atomic E-state index is 0.0869. The SMILES string of the molecule is CCS(=O)(=O)c1ccc(C(C)Oc2ccc(C#N)cc2)cc1.COc1cc2cc(NC=O)[nH]c2cc1OC. The predicted octanol–water partition coefficient (Wildman–Crippen LogP) is 5.25. The zero-order valence-electron chi connectivity index (χ0n) is 21.5. The Kier molecular flexibility index (Phi) is 9.35. The third-order valence-corrected chi connectivity index (χ3v) is 7.47. The van der Waals surface area contributed by atoms with Crippen LogP contribution in [0.4, 0.5) is 5.82 Å². The summed E-state index contributed by atoms with van der Waals surface area (Å²) in [5, 5.41) is 12.3. The molecule has 4 aromatic rings. The van der Waals surface area contributed by atoms with E-state index in [0.29, 0.717) is 39.9 Å². The third kappa shape index (κ3) is 6.83. The van der Waals surface area contributed by atoms with Crippen molar-refractivity contribution in [3.8, 4) is 23.3 Å². The summed E-state index contributed by atoms with van der Waals surface area (Å²) in [6.07, 6.45) is 0.408. The van der Waals surface area contributed by atoms with Crippen LogP contribution in [0, 0.1) is 11.3 Å². The van der Waals surface area contributed by atoms with Gasteiger partial charge in [-0.25, -0.2) is 8.42 Å². The standard InChI is InChI=1S/C17H17NO3S.C11H12N2O3/c1-3-22(19,20)17-10-6-15(7-11-17)13(2)21-16-8-4-14(12-18)5-9-16;1-15-9-3-7-4-11(12-6-14)13-8(7)5-10(9)16-2/h4-11,13H,3H2,1-2H3;3-6,13H,1-2H3,(H,12,14). The molecule has 0 aliphatic rings. The number of fused-ring (bicyclic) bond motifs is 1. The van der Waals surface area contributed by atoms with E-state index in [1.807, 2.05) is 25.1 Å². The number of nitrogens with one attached hydrogen (secondary N) is 2. The summed E-state index contributed by atoms with van der Waals surface area (Å²) in [5.41, 5.74) is 2.34. The maximum Gasteiger partial charge on any atom is 0.212 e. The Morgan fingerprint density at radius 3 is 2.18 bits per heavy atom. The van der Waals surface area contributed by atoms with Crippen molar-refractivity contribution >= 4 is 33.0 Å². The smallest absolute Gasteiger partial charge is 0.212 e. The second kappa shape index (κ2) is 12.7. The first-order chi connectivity index (χ1) is 18.2. The zero-order valence-corrected chi connectivity index (χ0v) is 22.3. The third-order valence-electron chi connectivity index (χ3n) is 5.72. The highest BCUT2D eigenvalue weighted by Gasteiger charge is 2.13. The Morgan fingerprint density at radius 1 is 1.00 bits per heavy atom. The first-order valence-electron chi connectivity index (χ1n) is 11.7. The van der Waals surface area contributed by atoms with Crippen molar-refractivity contribution in [3.63, 3.8) is 0 Å². The molecule has 0 spiro atoms. The molecule has 2 N–H and O–H groups in total. The van der Waals surface area contributed by atoms with Crippen molar-refractivity contribution in [1.82, 2.24) is 4.98 Å². The number of amides is 1. The predicted molar refractivity (Wildman–Crippen MR) is 145 cm³/mol. The Labute approximate surface area is 221 Å². The Balaban J connectivity index is 0.000000221. The van der Waals surface area contributed by atoms with Gasteiger partial charge in [-0.3, -0.25) is 4.79 Å². The number of hydrogen-bond donors (Lipinski definition) is 2. The number of nitriles is 1. The van der Waals surface area contributed by atoms with E-state index in [9.17, 15) is 13.2 Å². The van der Waals surface area contributed by atoms with E-state index in [-0.39, 0.29) is 11.9 Å². The van der Waals surface area contributed by atoms with Crippen molar-refractivity contribution in [1.29, 1.82) is 5.26 Å². The number of carbonyl (C=O) groups excluding carboxylic acids is 1. The summed E-state index contributed by atoms with van der Waals surface area (Å²) in [4.78, 5) is 13.7. The van der Waals surface area contributed by atoms with Crippen LogP contribution in [0.2, 0.25) is 0 Å². The van der Waals surface area contributed by atoms with Gasteiger partial charge in [0.05, 0.1) is 42.0 Å². The molecule has 3 aromatic carbocycles. The lowest BCUT2D eigenvalue weighted by Gasteiger charge is -2.15. The van der Waals surface area contributed by atoms with Crippen LogP contribution in [0.5, 0.6) is 17.2 Å². The fraction of sp³-hybridized carbons (Fsp3) is 0.214. The molecule has 1 atom stereocenters. The van der Waals surface area contributed by atoms with Gasteiger partial charge in [0.1, 0.15) is 17.7 Å². The molecule has 198 valence electrons. The molecule has 0 saturated carbocycles. The molecule has 10 heteroatoms. The summed E-state index contributed by atoms with van der Waals surface area (Å²) in [7, 11) is -0.0139. The van der Waals surface area contributed by atoms with Crippen LogP contribution in [0.3, 0.4) is 0 Å². The fourth-order valence-electron chi connectivity index (χ4n) is 3.59. The van der Waals surface area contributed by atoms with Gasteiger partial charge in [-0.05, 0) is 61.0 Å². The monoisotopic (exact) mass is 535 g/mol. The lowest BCUT2D eigenvalue weighted by Crippen LogP contribution is -2.06. The van der Waals surface area contributed by atoms with Crippen LogP contribution < -0.4 is 19.5 Å². The number of ether oxygens (including phenoxy) is 3. The summed E-state index contributed by atoms with van der Waals surface area (Å²) in [6, 6.07) is 21.1. The molecule has 9 nitrogen and oxygen atoms in total. The van der Waals surface area contributed by atoms with E-state index >= 15 is 0 Å². The van der Waals surface area contributed by atoms with Crippen molar-refractivity contribution in [2.75, 3.05) is 25.3 Å². The Bertz CT molecular complexity index is 1480. The molecular weight excluding hydrogens is 506 g/mol. The molecule has 0 fully saturated rings. The molecule has 1 unspecified atom stereocenters. The van der Waals surface area contributed by atoms with Crippen LogP contribution in [-0.4, -0.2) is 39.8 Å². The van der Waals surface area contributed by atoms with E-state index in [4.69, 9.17) is 19.5 Å². The molecule has 1 amide bonds. The van der Waals surface area contributed by atoms with E-state index in [1.165, 1.54) is 0 Å². The lowest BCUT2D eigenvalue weighted by atomic mass is 10.1. The molecule has 0 radical (unpaired) electrons. The van der Waals surface area contributed by atoms with Crippen molar-refractivity contribution in [2.24, 2.45) is 0 Å². The number of aromatic nitrogens is 1. The molecule has 1 heterocycles. The van der Waals surface area contributed by atoms with Gasteiger partial charge in [0.15, 0.2) is 21.3 Å². The second-order valence-corrected chi connectivity index (χ2v) is 10.4. The zero-order chi connectivity index (χ0) is 27.7. The molecule has 0 bridgehead atoms. The van der Waals surface area contributed by atoms with Crippen molar-refractivity contribution < 1.29 is 27.4 Å². The van der Waals surface area contributed by atoms with Gasteiger partial charge in [0.25, 0.3) is 0 Å². The molecule has 1 aromatic heterocycles. The van der Waals surface area contributed by atoms with Gasteiger partial charge >= 0.3 is 0 Å². The van der Waals surface area contributed by atoms with Crippen LogP contribution in [0.1, 0.15) is 31.1 Å². The molecule has 0 aliphatic heterocycles. The van der Waals surface area contributed by atoms with Crippen molar-refractivity contribution in [3.05, 3.63) is 77.9 Å². The normalized spacial score (nSPS) is 11.4. The van der Waals surface area contributed by atoms with Crippen LogP contribution in [-0.2, 0) is 14.6 Å². The Morgan fingerprint density at radius 2 is 1.63 bits per heavy atom. The van der Waals surface area contributed by atoms with E-state index < -0.39 is 9.84 Å². The highest BCUT2D eigenvalue weighted by atomic mass is 32.2. The van der Waals surface area contributed by atoms with Crippen LogP contribution >= 0.6 is 0 Å². The quantitative estimate of drug-likeness (QED) is 0.280. The van der Waals surface area contributed by atoms with Gasteiger partial charge in [0.2, 0.25) is 6.41 Å². The molecule has 38 heavy (non-hydrogen) atoms. The number of aromatic amines is 1. The number of methoxy groups -OCH3 is 2. The van der Waals surface area contributed by atoms with Gasteiger partial charge in [-0.2, -0.15) is 5.26 Å². The number of nitrogens with zero attached hydrogens (tertiary/aromatic N) is 1. The van der Waals surface area contributed by atoms with E-state index in [0.717, 1.165) is 16.5 Å². The average molecular weight is 536 g/mol. The number of benzene rings is 3.